The lowest BCUT2D eigenvalue weighted by Gasteiger charge is -2.20. The molecule has 0 saturated carbocycles. The highest BCUT2D eigenvalue weighted by molar-refractivity contribution is 5.85. The zero-order valence-corrected chi connectivity index (χ0v) is 17.7. The second kappa shape index (κ2) is 10.5. The first kappa shape index (κ1) is 22.3. The minimum atomic E-state index is -0.764. The summed E-state index contributed by atoms with van der Waals surface area (Å²) >= 11 is 0. The Morgan fingerprint density at radius 2 is 1.62 bits per heavy atom. The number of aryl methyl sites for hydroxylation is 2. The van der Waals surface area contributed by atoms with Gasteiger partial charge in [-0.3, -0.25) is 20.4 Å². The van der Waals surface area contributed by atoms with E-state index in [1.165, 1.54) is 0 Å². The summed E-state index contributed by atoms with van der Waals surface area (Å²) in [7, 11) is 0. The van der Waals surface area contributed by atoms with Crippen LogP contribution >= 0.6 is 0 Å². The van der Waals surface area contributed by atoms with Crippen molar-refractivity contribution in [2.24, 2.45) is 0 Å². The molecule has 2 amide bonds. The first-order valence-corrected chi connectivity index (χ1v) is 9.86. The smallest absolute Gasteiger partial charge is 0.279 e. The van der Waals surface area contributed by atoms with Gasteiger partial charge in [0.25, 0.3) is 11.8 Å². The topological polar surface area (TPSA) is 76.7 Å². The number of carbonyl (C=O) groups excluding carboxylic acids is 2. The number of hydrazine groups is 1. The van der Waals surface area contributed by atoms with Gasteiger partial charge in [0.2, 0.25) is 0 Å². The molecular formula is C23H30N2O4. The van der Waals surface area contributed by atoms with E-state index in [0.29, 0.717) is 17.4 Å². The molecule has 0 bridgehead atoms. The number of nitrogens with one attached hydrogen (secondary N) is 2. The van der Waals surface area contributed by atoms with Gasteiger partial charge in [-0.2, -0.15) is 0 Å². The lowest BCUT2D eigenvalue weighted by molar-refractivity contribution is -0.133. The van der Waals surface area contributed by atoms with E-state index in [9.17, 15) is 9.59 Å². The molecule has 2 aromatic carbocycles. The molecule has 0 aromatic heterocycles. The summed E-state index contributed by atoms with van der Waals surface area (Å²) in [5.74, 6) is 0.780. The standard InChI is InChI=1S/C23H30N2O4/c1-6-15(2)19-12-7-8-13-20(19)29-18(5)23(27)25-24-21(26)14-28-22-16(3)10-9-11-17(22)4/h7-13,15,18H,6,14H2,1-5H3,(H,24,26)(H,25,27). The maximum atomic E-state index is 12.3. The first-order chi connectivity index (χ1) is 13.8. The summed E-state index contributed by atoms with van der Waals surface area (Å²) < 4.78 is 11.4. The van der Waals surface area contributed by atoms with Crippen LogP contribution in [0.25, 0.3) is 0 Å². The molecule has 2 unspecified atom stereocenters. The Bertz CT molecular complexity index is 830. The van der Waals surface area contributed by atoms with Gasteiger partial charge in [-0.25, -0.2) is 0 Å². The zero-order valence-electron chi connectivity index (χ0n) is 17.7. The van der Waals surface area contributed by atoms with Gasteiger partial charge in [0.1, 0.15) is 11.5 Å². The monoisotopic (exact) mass is 398 g/mol. The van der Waals surface area contributed by atoms with E-state index in [1.54, 1.807) is 6.92 Å². The van der Waals surface area contributed by atoms with E-state index in [4.69, 9.17) is 9.47 Å². The molecule has 0 radical (unpaired) electrons. The summed E-state index contributed by atoms with van der Waals surface area (Å²) in [6.07, 6.45) is 0.206. The molecule has 0 aliphatic heterocycles. The largest absolute Gasteiger partial charge is 0.483 e. The molecule has 0 heterocycles. The Morgan fingerprint density at radius 1 is 0.966 bits per heavy atom. The first-order valence-electron chi connectivity index (χ1n) is 9.86. The van der Waals surface area contributed by atoms with E-state index < -0.39 is 17.9 Å². The normalized spacial score (nSPS) is 12.6. The molecule has 0 saturated heterocycles. The second-order valence-corrected chi connectivity index (χ2v) is 7.15. The van der Waals surface area contributed by atoms with E-state index >= 15 is 0 Å². The van der Waals surface area contributed by atoms with Crippen molar-refractivity contribution in [2.75, 3.05) is 6.61 Å². The molecular weight excluding hydrogens is 368 g/mol. The van der Waals surface area contributed by atoms with Crippen LogP contribution < -0.4 is 20.3 Å². The zero-order chi connectivity index (χ0) is 21.4. The number of hydrogen-bond donors (Lipinski definition) is 2. The average molecular weight is 399 g/mol. The molecule has 6 nitrogen and oxygen atoms in total. The second-order valence-electron chi connectivity index (χ2n) is 7.15. The van der Waals surface area contributed by atoms with Crippen molar-refractivity contribution >= 4 is 11.8 Å². The predicted molar refractivity (Wildman–Crippen MR) is 113 cm³/mol. The SMILES string of the molecule is CCC(C)c1ccccc1OC(C)C(=O)NNC(=O)COc1c(C)cccc1C. The van der Waals surface area contributed by atoms with E-state index in [2.05, 4.69) is 24.7 Å². The van der Waals surface area contributed by atoms with Crippen molar-refractivity contribution in [3.63, 3.8) is 0 Å². The molecule has 6 heteroatoms. The van der Waals surface area contributed by atoms with Crippen LogP contribution in [0.5, 0.6) is 11.5 Å². The van der Waals surface area contributed by atoms with Gasteiger partial charge in [0.15, 0.2) is 12.7 Å². The van der Waals surface area contributed by atoms with Crippen molar-refractivity contribution < 1.29 is 19.1 Å². The summed E-state index contributed by atoms with van der Waals surface area (Å²) in [6.45, 7) is 9.49. The maximum Gasteiger partial charge on any atom is 0.279 e. The van der Waals surface area contributed by atoms with Gasteiger partial charge in [-0.05, 0) is 55.9 Å². The van der Waals surface area contributed by atoms with Crippen molar-refractivity contribution in [1.82, 2.24) is 10.9 Å². The number of benzene rings is 2. The fourth-order valence-electron chi connectivity index (χ4n) is 2.89. The molecule has 2 aromatic rings. The Hall–Kier alpha value is -3.02. The fraction of sp³-hybridized carbons (Fsp3) is 0.391. The lowest BCUT2D eigenvalue weighted by atomic mass is 9.98. The predicted octanol–water partition coefficient (Wildman–Crippen LogP) is 3.81. The summed E-state index contributed by atoms with van der Waals surface area (Å²) in [5, 5.41) is 0. The fourth-order valence-corrected chi connectivity index (χ4v) is 2.89. The summed E-state index contributed by atoms with van der Waals surface area (Å²) in [6, 6.07) is 13.4. The number of hydrogen-bond acceptors (Lipinski definition) is 4. The van der Waals surface area contributed by atoms with Gasteiger partial charge in [-0.1, -0.05) is 50.2 Å². The van der Waals surface area contributed by atoms with Crippen molar-refractivity contribution in [3.8, 4) is 11.5 Å². The highest BCUT2D eigenvalue weighted by Crippen LogP contribution is 2.29. The van der Waals surface area contributed by atoms with Crippen molar-refractivity contribution in [1.29, 1.82) is 0 Å². The average Bonchev–Trinajstić information content (AvgIpc) is 2.71. The van der Waals surface area contributed by atoms with Crippen LogP contribution in [0.15, 0.2) is 42.5 Å². The summed E-state index contributed by atoms with van der Waals surface area (Å²) in [5.41, 5.74) is 7.70. The highest BCUT2D eigenvalue weighted by Gasteiger charge is 2.18. The molecule has 0 spiro atoms. The van der Waals surface area contributed by atoms with Gasteiger partial charge < -0.3 is 9.47 Å². The number of carbonyl (C=O) groups is 2. The van der Waals surface area contributed by atoms with Crippen LogP contribution in [0.3, 0.4) is 0 Å². The van der Waals surface area contributed by atoms with E-state index in [0.717, 1.165) is 23.1 Å². The molecule has 0 aliphatic carbocycles. The van der Waals surface area contributed by atoms with Crippen molar-refractivity contribution in [2.45, 2.75) is 53.1 Å². The van der Waals surface area contributed by atoms with Gasteiger partial charge in [-0.15, -0.1) is 0 Å². The van der Waals surface area contributed by atoms with Crippen molar-refractivity contribution in [3.05, 3.63) is 59.2 Å². The Labute approximate surface area is 172 Å². The van der Waals surface area contributed by atoms with Gasteiger partial charge >= 0.3 is 0 Å². The summed E-state index contributed by atoms with van der Waals surface area (Å²) in [4.78, 5) is 24.3. The minimum absolute atomic E-state index is 0.196. The molecule has 156 valence electrons. The van der Waals surface area contributed by atoms with E-state index in [-0.39, 0.29) is 6.61 Å². The molecule has 0 fully saturated rings. The van der Waals surface area contributed by atoms with Crippen LogP contribution in [0.4, 0.5) is 0 Å². The van der Waals surface area contributed by atoms with Crippen LogP contribution in [0.1, 0.15) is 49.8 Å². The molecule has 2 rings (SSSR count). The van der Waals surface area contributed by atoms with E-state index in [1.807, 2.05) is 56.3 Å². The van der Waals surface area contributed by atoms with Crippen LogP contribution in [-0.4, -0.2) is 24.5 Å². The third-order valence-corrected chi connectivity index (χ3v) is 4.82. The van der Waals surface area contributed by atoms with Gasteiger partial charge in [0.05, 0.1) is 0 Å². The van der Waals surface area contributed by atoms with Crippen LogP contribution in [0.2, 0.25) is 0 Å². The third kappa shape index (κ3) is 6.24. The van der Waals surface area contributed by atoms with Crippen LogP contribution in [-0.2, 0) is 9.59 Å². The van der Waals surface area contributed by atoms with Crippen LogP contribution in [0, 0.1) is 13.8 Å². The quantitative estimate of drug-likeness (QED) is 0.663. The number of ether oxygens (including phenoxy) is 2. The molecule has 2 atom stereocenters. The number of amides is 2. The minimum Gasteiger partial charge on any atom is -0.483 e. The maximum absolute atomic E-state index is 12.3. The highest BCUT2D eigenvalue weighted by atomic mass is 16.5. The molecule has 2 N–H and O–H groups in total. The molecule has 29 heavy (non-hydrogen) atoms. The molecule has 0 aliphatic rings. The lowest BCUT2D eigenvalue weighted by Crippen LogP contribution is -2.48. The number of para-hydroxylation sites is 2. The van der Waals surface area contributed by atoms with Gasteiger partial charge in [0, 0.05) is 0 Å². The third-order valence-electron chi connectivity index (χ3n) is 4.82. The Kier molecular flexibility index (Phi) is 8.07. The Balaban J connectivity index is 1.85. The number of rotatable bonds is 8. The Morgan fingerprint density at radius 3 is 2.28 bits per heavy atom.